The number of hydrogen-bond acceptors (Lipinski definition) is 6. The molecular weight excluding hydrogens is 617 g/mol. The molecule has 4 aromatic carbocycles. The Kier molecular flexibility index (Phi) is 11.9. The van der Waals surface area contributed by atoms with E-state index in [-0.39, 0.29) is 11.6 Å². The second kappa shape index (κ2) is 15.5. The average molecular weight is 669 g/mol. The zero-order valence-electron chi connectivity index (χ0n) is 29.8. The first-order valence-corrected chi connectivity index (χ1v) is 18.7. The predicted octanol–water partition coefficient (Wildman–Crippen LogP) is 7.75. The highest BCUT2D eigenvalue weighted by molar-refractivity contribution is 6.99. The molecule has 4 rings (SSSR count). The minimum atomic E-state index is -2.55. The normalized spacial score (nSPS) is 13.1. The molecule has 0 aliphatic carbocycles. The molecule has 256 valence electrons. The maximum absolute atomic E-state index is 12.3. The second-order valence-electron chi connectivity index (χ2n) is 14.8. The topological polar surface area (TPSA) is 74.2 Å². The lowest BCUT2D eigenvalue weighted by atomic mass is 10.0. The van der Waals surface area contributed by atoms with Crippen molar-refractivity contribution in [1.29, 1.82) is 0 Å². The minimum Gasteiger partial charge on any atom is -0.491 e. The molecule has 0 spiro atoms. The second-order valence-corrected chi connectivity index (χ2v) is 19.1. The third-order valence-electron chi connectivity index (χ3n) is 8.35. The molecule has 0 heterocycles. The first kappa shape index (κ1) is 36.9. The smallest absolute Gasteiger partial charge is 0.338 e. The zero-order valence-corrected chi connectivity index (χ0v) is 30.8. The molecule has 0 saturated heterocycles. The monoisotopic (exact) mass is 668 g/mol. The van der Waals surface area contributed by atoms with Crippen LogP contribution in [0.2, 0.25) is 5.04 Å². The standard InChI is InChI=1S/C41H52O6Si/c1-39(2,3)47-38(43)32-23-27-33(28-24-32)44-30-37(42)41(7,8)46-34-25-21-31(22-26-34)16-15-29-45-48(40(4,5)6,35-17-11-9-12-18-35)36-19-13-10-14-20-36/h9-14,17-28,37,42H,15-16,29-30H2,1-8H3. The van der Waals surface area contributed by atoms with Crippen LogP contribution in [0.15, 0.2) is 109 Å². The molecule has 6 nitrogen and oxygen atoms in total. The third-order valence-corrected chi connectivity index (χ3v) is 13.4. The van der Waals surface area contributed by atoms with Gasteiger partial charge in [-0.2, -0.15) is 0 Å². The van der Waals surface area contributed by atoms with Crippen LogP contribution in [-0.4, -0.2) is 49.9 Å². The average Bonchev–Trinajstić information content (AvgIpc) is 3.04. The maximum Gasteiger partial charge on any atom is 0.338 e. The molecule has 7 heteroatoms. The van der Waals surface area contributed by atoms with E-state index in [0.29, 0.717) is 23.7 Å². The van der Waals surface area contributed by atoms with Crippen LogP contribution in [0.25, 0.3) is 0 Å². The predicted molar refractivity (Wildman–Crippen MR) is 196 cm³/mol. The summed E-state index contributed by atoms with van der Waals surface area (Å²) in [6.45, 7) is 16.8. The Morgan fingerprint density at radius 2 is 1.23 bits per heavy atom. The first-order valence-electron chi connectivity index (χ1n) is 16.8. The Bertz CT molecular complexity index is 1530. The minimum absolute atomic E-state index is 0.0300. The van der Waals surface area contributed by atoms with Gasteiger partial charge >= 0.3 is 5.97 Å². The van der Waals surface area contributed by atoms with Gasteiger partial charge in [-0.3, -0.25) is 0 Å². The summed E-state index contributed by atoms with van der Waals surface area (Å²) in [6, 6.07) is 36.2. The Morgan fingerprint density at radius 3 is 1.73 bits per heavy atom. The Balaban J connectivity index is 1.31. The SMILES string of the molecule is CC(C)(C)OC(=O)c1ccc(OCC(O)C(C)(C)Oc2ccc(CCCO[Si](c3ccccc3)(c3ccccc3)C(C)(C)C)cc2)cc1. The van der Waals surface area contributed by atoms with Gasteiger partial charge in [0, 0.05) is 6.61 Å². The van der Waals surface area contributed by atoms with Crippen LogP contribution in [-0.2, 0) is 15.6 Å². The van der Waals surface area contributed by atoms with Crippen LogP contribution < -0.4 is 19.8 Å². The summed E-state index contributed by atoms with van der Waals surface area (Å²) in [7, 11) is -2.55. The Hall–Kier alpha value is -3.91. The molecule has 1 unspecified atom stereocenters. The highest BCUT2D eigenvalue weighted by Gasteiger charge is 2.50. The number of aliphatic hydroxyl groups excluding tert-OH is 1. The molecule has 0 radical (unpaired) electrons. The van der Waals surface area contributed by atoms with Crippen molar-refractivity contribution < 1.29 is 28.5 Å². The van der Waals surface area contributed by atoms with Gasteiger partial charge in [-0.1, -0.05) is 93.6 Å². The van der Waals surface area contributed by atoms with Gasteiger partial charge in [0.2, 0.25) is 0 Å². The zero-order chi connectivity index (χ0) is 35.0. The highest BCUT2D eigenvalue weighted by atomic mass is 28.4. The first-order chi connectivity index (χ1) is 22.6. The lowest BCUT2D eigenvalue weighted by Gasteiger charge is -2.43. The number of benzene rings is 4. The fraction of sp³-hybridized carbons (Fsp3) is 0.390. The van der Waals surface area contributed by atoms with Crippen LogP contribution in [0.4, 0.5) is 0 Å². The number of rotatable bonds is 14. The van der Waals surface area contributed by atoms with Crippen molar-refractivity contribution in [3.05, 3.63) is 120 Å². The van der Waals surface area contributed by atoms with Gasteiger partial charge in [0.25, 0.3) is 8.32 Å². The number of aliphatic hydroxyl groups is 1. The molecule has 1 N–H and O–H groups in total. The molecule has 4 aromatic rings. The van der Waals surface area contributed by atoms with Gasteiger partial charge < -0.3 is 23.7 Å². The molecule has 0 aliphatic heterocycles. The molecular formula is C41H52O6Si. The van der Waals surface area contributed by atoms with Crippen molar-refractivity contribution in [3.8, 4) is 11.5 Å². The maximum atomic E-state index is 12.3. The Morgan fingerprint density at radius 1 is 0.708 bits per heavy atom. The van der Waals surface area contributed by atoms with E-state index in [1.165, 1.54) is 15.9 Å². The van der Waals surface area contributed by atoms with Crippen LogP contribution >= 0.6 is 0 Å². The van der Waals surface area contributed by atoms with Crippen molar-refractivity contribution in [2.24, 2.45) is 0 Å². The molecule has 0 fully saturated rings. The number of carbonyl (C=O) groups is 1. The van der Waals surface area contributed by atoms with Gasteiger partial charge in [0.15, 0.2) is 0 Å². The van der Waals surface area contributed by atoms with Crippen LogP contribution in [0.3, 0.4) is 0 Å². The van der Waals surface area contributed by atoms with Crippen molar-refractivity contribution in [3.63, 3.8) is 0 Å². The molecule has 48 heavy (non-hydrogen) atoms. The van der Waals surface area contributed by atoms with Crippen LogP contribution in [0.1, 0.15) is 77.7 Å². The van der Waals surface area contributed by atoms with Crippen molar-refractivity contribution in [2.75, 3.05) is 13.2 Å². The van der Waals surface area contributed by atoms with Crippen LogP contribution in [0.5, 0.6) is 11.5 Å². The summed E-state index contributed by atoms with van der Waals surface area (Å²) in [5.74, 6) is 0.826. The summed E-state index contributed by atoms with van der Waals surface area (Å²) in [5.41, 5.74) is 0.174. The number of esters is 1. The lowest BCUT2D eigenvalue weighted by molar-refractivity contribution is -0.0492. The lowest BCUT2D eigenvalue weighted by Crippen LogP contribution is -2.66. The summed E-state index contributed by atoms with van der Waals surface area (Å²) < 4.78 is 24.5. The van der Waals surface area contributed by atoms with E-state index in [2.05, 4.69) is 93.6 Å². The van der Waals surface area contributed by atoms with Crippen molar-refractivity contribution in [2.45, 2.75) is 90.6 Å². The summed E-state index contributed by atoms with van der Waals surface area (Å²) in [4.78, 5) is 12.3. The van der Waals surface area contributed by atoms with Crippen LogP contribution in [0, 0.1) is 0 Å². The number of hydrogen-bond donors (Lipinski definition) is 1. The van der Waals surface area contributed by atoms with Gasteiger partial charge in [-0.05, 0) is 105 Å². The largest absolute Gasteiger partial charge is 0.491 e. The van der Waals surface area contributed by atoms with Gasteiger partial charge in [0.1, 0.15) is 35.4 Å². The van der Waals surface area contributed by atoms with E-state index in [4.69, 9.17) is 18.6 Å². The van der Waals surface area contributed by atoms with Gasteiger partial charge in [-0.25, -0.2) is 4.79 Å². The van der Waals surface area contributed by atoms with Crippen molar-refractivity contribution in [1.82, 2.24) is 0 Å². The fourth-order valence-electron chi connectivity index (χ4n) is 5.76. The van der Waals surface area contributed by atoms with E-state index >= 15 is 0 Å². The van der Waals surface area contributed by atoms with E-state index in [0.717, 1.165) is 12.8 Å². The molecule has 0 aliphatic rings. The molecule has 0 bridgehead atoms. The van der Waals surface area contributed by atoms with E-state index in [1.807, 2.05) is 46.8 Å². The molecule has 1 atom stereocenters. The quantitative estimate of drug-likeness (QED) is 0.0842. The fourth-order valence-corrected chi connectivity index (χ4v) is 10.4. The third kappa shape index (κ3) is 9.59. The summed E-state index contributed by atoms with van der Waals surface area (Å²) in [5, 5.41) is 13.4. The van der Waals surface area contributed by atoms with Crippen molar-refractivity contribution >= 4 is 24.7 Å². The van der Waals surface area contributed by atoms with E-state index in [9.17, 15) is 9.90 Å². The van der Waals surface area contributed by atoms with E-state index in [1.54, 1.807) is 24.3 Å². The Labute approximate surface area is 288 Å². The van der Waals surface area contributed by atoms with E-state index < -0.39 is 31.6 Å². The summed E-state index contributed by atoms with van der Waals surface area (Å²) >= 11 is 0. The highest BCUT2D eigenvalue weighted by Crippen LogP contribution is 2.37. The molecule has 0 amide bonds. The molecule has 0 aromatic heterocycles. The summed E-state index contributed by atoms with van der Waals surface area (Å²) in [6.07, 6.45) is 0.872. The molecule has 0 saturated carbocycles. The van der Waals surface area contributed by atoms with Gasteiger partial charge in [-0.15, -0.1) is 0 Å². The van der Waals surface area contributed by atoms with Gasteiger partial charge in [0.05, 0.1) is 5.56 Å². The number of aryl methyl sites for hydroxylation is 1. The number of carbonyl (C=O) groups excluding carboxylic acids is 1. The number of ether oxygens (including phenoxy) is 3.